The third-order valence-electron chi connectivity index (χ3n) is 4.77. The van der Waals surface area contributed by atoms with E-state index in [1.165, 1.54) is 5.56 Å². The quantitative estimate of drug-likeness (QED) is 0.483. The molecule has 3 aromatic carbocycles. The fourth-order valence-corrected chi connectivity index (χ4v) is 3.10. The van der Waals surface area contributed by atoms with Gasteiger partial charge in [-0.2, -0.15) is 0 Å². The van der Waals surface area contributed by atoms with Gasteiger partial charge in [-0.05, 0) is 55.3 Å². The van der Waals surface area contributed by atoms with E-state index in [-0.39, 0.29) is 5.91 Å². The highest BCUT2D eigenvalue weighted by Crippen LogP contribution is 2.27. The van der Waals surface area contributed by atoms with Gasteiger partial charge in [-0.15, -0.1) is 0 Å². The molecule has 0 saturated heterocycles. The Bertz CT molecular complexity index is 1130. The molecule has 0 unspecified atom stereocenters. The highest BCUT2D eigenvalue weighted by atomic mass is 16.5. The average molecular weight is 386 g/mol. The minimum Gasteiger partial charge on any atom is -0.497 e. The summed E-state index contributed by atoms with van der Waals surface area (Å²) < 4.78 is 11.1. The summed E-state index contributed by atoms with van der Waals surface area (Å²) in [4.78, 5) is 16.8. The van der Waals surface area contributed by atoms with E-state index in [0.29, 0.717) is 30.0 Å². The van der Waals surface area contributed by atoms with Crippen LogP contribution in [0.1, 0.15) is 17.5 Å². The van der Waals surface area contributed by atoms with Gasteiger partial charge in [-0.3, -0.25) is 4.79 Å². The predicted octanol–water partition coefficient (Wildman–Crippen LogP) is 5.38. The zero-order valence-corrected chi connectivity index (χ0v) is 16.4. The van der Waals surface area contributed by atoms with Gasteiger partial charge in [0.2, 0.25) is 11.8 Å². The number of carbonyl (C=O) groups is 1. The first kappa shape index (κ1) is 18.7. The van der Waals surface area contributed by atoms with Crippen LogP contribution >= 0.6 is 0 Å². The van der Waals surface area contributed by atoms with E-state index in [0.717, 1.165) is 22.4 Å². The number of aryl methyl sites for hydroxylation is 2. The number of ether oxygens (including phenoxy) is 1. The normalized spacial score (nSPS) is 10.8. The number of oxazole rings is 1. The Kier molecular flexibility index (Phi) is 5.29. The van der Waals surface area contributed by atoms with Gasteiger partial charge < -0.3 is 14.5 Å². The molecular formula is C24H22N2O3. The van der Waals surface area contributed by atoms with Gasteiger partial charge in [0, 0.05) is 23.7 Å². The van der Waals surface area contributed by atoms with Gasteiger partial charge in [-0.25, -0.2) is 4.98 Å². The lowest BCUT2D eigenvalue weighted by Gasteiger charge is -2.05. The third kappa shape index (κ3) is 4.46. The van der Waals surface area contributed by atoms with Gasteiger partial charge in [0.25, 0.3) is 0 Å². The fourth-order valence-electron chi connectivity index (χ4n) is 3.10. The number of rotatable bonds is 6. The second-order valence-corrected chi connectivity index (χ2v) is 6.96. The van der Waals surface area contributed by atoms with Crippen molar-refractivity contribution in [1.29, 1.82) is 0 Å². The van der Waals surface area contributed by atoms with Crippen molar-refractivity contribution < 1.29 is 13.9 Å². The first-order valence-electron chi connectivity index (χ1n) is 9.51. The number of benzene rings is 3. The minimum atomic E-state index is -0.0279. The van der Waals surface area contributed by atoms with Crippen molar-refractivity contribution >= 4 is 22.7 Å². The third-order valence-corrected chi connectivity index (χ3v) is 4.77. The molecule has 5 nitrogen and oxygen atoms in total. The summed E-state index contributed by atoms with van der Waals surface area (Å²) in [6, 6.07) is 21.3. The molecule has 0 saturated carbocycles. The van der Waals surface area contributed by atoms with E-state index < -0.39 is 0 Å². The highest BCUT2D eigenvalue weighted by molar-refractivity contribution is 5.93. The zero-order chi connectivity index (χ0) is 20.2. The summed E-state index contributed by atoms with van der Waals surface area (Å²) in [5.74, 6) is 1.28. The first-order chi connectivity index (χ1) is 14.1. The maximum Gasteiger partial charge on any atom is 0.227 e. The number of fused-ring (bicyclic) bond motifs is 1. The number of amides is 1. The molecule has 29 heavy (non-hydrogen) atoms. The van der Waals surface area contributed by atoms with Crippen LogP contribution in [-0.2, 0) is 11.2 Å². The Morgan fingerprint density at radius 1 is 1.03 bits per heavy atom. The smallest absolute Gasteiger partial charge is 0.227 e. The van der Waals surface area contributed by atoms with Crippen molar-refractivity contribution in [2.75, 3.05) is 12.4 Å². The van der Waals surface area contributed by atoms with Crippen LogP contribution in [0, 0.1) is 6.92 Å². The molecule has 0 bridgehead atoms. The van der Waals surface area contributed by atoms with Crippen molar-refractivity contribution in [3.05, 3.63) is 77.9 Å². The molecule has 0 aliphatic heterocycles. The molecular weight excluding hydrogens is 364 g/mol. The van der Waals surface area contributed by atoms with Crippen LogP contribution in [0.4, 0.5) is 5.69 Å². The summed E-state index contributed by atoms with van der Waals surface area (Å²) >= 11 is 0. The molecule has 1 amide bonds. The molecule has 0 aliphatic carbocycles. The largest absolute Gasteiger partial charge is 0.497 e. The molecule has 4 rings (SSSR count). The van der Waals surface area contributed by atoms with Crippen LogP contribution in [0.2, 0.25) is 0 Å². The SMILES string of the molecule is COc1ccc(-c2nc3ccc(NC(=O)CCc4ccc(C)cc4)cc3o2)cc1. The average Bonchev–Trinajstić information content (AvgIpc) is 3.17. The van der Waals surface area contributed by atoms with E-state index in [1.54, 1.807) is 13.2 Å². The van der Waals surface area contributed by atoms with Gasteiger partial charge in [0.15, 0.2) is 5.58 Å². The van der Waals surface area contributed by atoms with Crippen LogP contribution in [-0.4, -0.2) is 18.0 Å². The summed E-state index contributed by atoms with van der Waals surface area (Å²) in [5, 5.41) is 2.94. The molecule has 5 heteroatoms. The molecule has 0 aliphatic rings. The summed E-state index contributed by atoms with van der Waals surface area (Å²) in [7, 11) is 1.63. The van der Waals surface area contributed by atoms with Crippen molar-refractivity contribution in [1.82, 2.24) is 4.98 Å². The van der Waals surface area contributed by atoms with Crippen LogP contribution in [0.3, 0.4) is 0 Å². The molecule has 0 fully saturated rings. The summed E-state index contributed by atoms with van der Waals surface area (Å²) in [6.07, 6.45) is 1.13. The minimum absolute atomic E-state index is 0.0279. The standard InChI is InChI=1S/C24H22N2O3/c1-16-3-5-17(6-4-16)7-14-23(27)25-19-10-13-21-22(15-19)29-24(26-21)18-8-11-20(28-2)12-9-18/h3-6,8-13,15H,7,14H2,1-2H3,(H,25,27). The Hall–Kier alpha value is -3.60. The molecule has 0 atom stereocenters. The first-order valence-corrected chi connectivity index (χ1v) is 9.51. The molecule has 146 valence electrons. The predicted molar refractivity (Wildman–Crippen MR) is 114 cm³/mol. The number of carbonyl (C=O) groups excluding carboxylic acids is 1. The summed E-state index contributed by atoms with van der Waals surface area (Å²) in [6.45, 7) is 2.05. The lowest BCUT2D eigenvalue weighted by Crippen LogP contribution is -2.12. The van der Waals surface area contributed by atoms with Crippen LogP contribution in [0.15, 0.2) is 71.1 Å². The number of methoxy groups -OCH3 is 1. The van der Waals surface area contributed by atoms with Crippen LogP contribution in [0.5, 0.6) is 5.75 Å². The van der Waals surface area contributed by atoms with Gasteiger partial charge in [0.05, 0.1) is 7.11 Å². The van der Waals surface area contributed by atoms with Gasteiger partial charge >= 0.3 is 0 Å². The number of hydrogen-bond donors (Lipinski definition) is 1. The van der Waals surface area contributed by atoms with E-state index in [2.05, 4.69) is 41.5 Å². The molecule has 0 spiro atoms. The lowest BCUT2D eigenvalue weighted by atomic mass is 10.1. The van der Waals surface area contributed by atoms with Crippen molar-refractivity contribution in [3.63, 3.8) is 0 Å². The summed E-state index contributed by atoms with van der Waals surface area (Å²) in [5.41, 5.74) is 5.31. The monoisotopic (exact) mass is 386 g/mol. The van der Waals surface area contributed by atoms with Crippen molar-refractivity contribution in [2.45, 2.75) is 19.8 Å². The second kappa shape index (κ2) is 8.19. The Morgan fingerprint density at radius 2 is 1.79 bits per heavy atom. The Labute approximate surface area is 169 Å². The molecule has 1 aromatic heterocycles. The number of anilines is 1. The van der Waals surface area contributed by atoms with Crippen molar-refractivity contribution in [2.24, 2.45) is 0 Å². The molecule has 0 radical (unpaired) electrons. The Morgan fingerprint density at radius 3 is 2.52 bits per heavy atom. The molecule has 4 aromatic rings. The van der Waals surface area contributed by atoms with Gasteiger partial charge in [-0.1, -0.05) is 29.8 Å². The zero-order valence-electron chi connectivity index (χ0n) is 16.4. The number of hydrogen-bond acceptors (Lipinski definition) is 4. The fraction of sp³-hybridized carbons (Fsp3) is 0.167. The molecule has 1 heterocycles. The molecule has 1 N–H and O–H groups in total. The van der Waals surface area contributed by atoms with Crippen LogP contribution < -0.4 is 10.1 Å². The number of nitrogens with one attached hydrogen (secondary N) is 1. The van der Waals surface area contributed by atoms with E-state index >= 15 is 0 Å². The second-order valence-electron chi connectivity index (χ2n) is 6.96. The lowest BCUT2D eigenvalue weighted by molar-refractivity contribution is -0.116. The van der Waals surface area contributed by atoms with Crippen molar-refractivity contribution in [3.8, 4) is 17.2 Å². The number of aromatic nitrogens is 1. The maximum atomic E-state index is 12.3. The van der Waals surface area contributed by atoms with E-state index in [4.69, 9.17) is 9.15 Å². The Balaban J connectivity index is 1.44. The topological polar surface area (TPSA) is 64.4 Å². The number of nitrogens with zero attached hydrogens (tertiary/aromatic N) is 1. The van der Waals surface area contributed by atoms with E-state index in [9.17, 15) is 4.79 Å². The van der Waals surface area contributed by atoms with Gasteiger partial charge in [0.1, 0.15) is 11.3 Å². The highest BCUT2D eigenvalue weighted by Gasteiger charge is 2.10. The van der Waals surface area contributed by atoms with E-state index in [1.807, 2.05) is 36.4 Å². The van der Waals surface area contributed by atoms with Crippen LogP contribution in [0.25, 0.3) is 22.6 Å². The maximum absolute atomic E-state index is 12.3.